The summed E-state index contributed by atoms with van der Waals surface area (Å²) in [5.41, 5.74) is 2.28. The topological polar surface area (TPSA) is 46.2 Å². The second-order valence-corrected chi connectivity index (χ2v) is 7.18. The summed E-state index contributed by atoms with van der Waals surface area (Å²) in [4.78, 5) is 0. The van der Waals surface area contributed by atoms with Crippen molar-refractivity contribution in [3.8, 4) is 0 Å². The fourth-order valence-electron chi connectivity index (χ4n) is 2.40. The molecule has 1 fully saturated rings. The predicted octanol–water partition coefficient (Wildman–Crippen LogP) is 1.31. The van der Waals surface area contributed by atoms with Gasteiger partial charge in [0.15, 0.2) is 9.84 Å². The zero-order valence-electron chi connectivity index (χ0n) is 10.3. The molecule has 1 aliphatic rings. The lowest BCUT2D eigenvalue weighted by Crippen LogP contribution is -2.51. The summed E-state index contributed by atoms with van der Waals surface area (Å²) >= 11 is 0. The highest BCUT2D eigenvalue weighted by Crippen LogP contribution is 2.18. The monoisotopic (exact) mass is 253 g/mol. The Morgan fingerprint density at radius 2 is 2.18 bits per heavy atom. The molecule has 0 aliphatic carbocycles. The molecule has 1 heterocycles. The van der Waals surface area contributed by atoms with Crippen LogP contribution in [0.15, 0.2) is 24.3 Å². The third-order valence-electron chi connectivity index (χ3n) is 3.39. The van der Waals surface area contributed by atoms with Crippen LogP contribution < -0.4 is 5.32 Å². The minimum Gasteiger partial charge on any atom is -0.312 e. The van der Waals surface area contributed by atoms with Crippen molar-refractivity contribution in [1.29, 1.82) is 0 Å². The number of benzene rings is 1. The maximum atomic E-state index is 12.0. The smallest absolute Gasteiger partial charge is 0.156 e. The van der Waals surface area contributed by atoms with Crippen LogP contribution in [-0.2, 0) is 16.3 Å². The minimum absolute atomic E-state index is 0.0364. The summed E-state index contributed by atoms with van der Waals surface area (Å²) in [6.45, 7) is 4.56. The van der Waals surface area contributed by atoms with E-state index >= 15 is 0 Å². The number of hydrogen-bond donors (Lipinski definition) is 1. The highest BCUT2D eigenvalue weighted by molar-refractivity contribution is 7.92. The molecule has 0 amide bonds. The Morgan fingerprint density at radius 1 is 1.41 bits per heavy atom. The number of nitrogens with one attached hydrogen (secondary N) is 1. The van der Waals surface area contributed by atoms with Crippen molar-refractivity contribution in [3.05, 3.63) is 35.4 Å². The van der Waals surface area contributed by atoms with Crippen molar-refractivity contribution in [1.82, 2.24) is 5.32 Å². The van der Waals surface area contributed by atoms with Crippen molar-refractivity contribution in [2.24, 2.45) is 0 Å². The molecule has 1 aromatic rings. The van der Waals surface area contributed by atoms with Crippen molar-refractivity contribution < 1.29 is 8.42 Å². The van der Waals surface area contributed by atoms with E-state index in [0.717, 1.165) is 5.56 Å². The molecule has 2 atom stereocenters. The summed E-state index contributed by atoms with van der Waals surface area (Å²) < 4.78 is 24.1. The molecule has 3 nitrogen and oxygen atoms in total. The Balaban J connectivity index is 2.22. The molecule has 17 heavy (non-hydrogen) atoms. The molecule has 1 aromatic carbocycles. The first kappa shape index (κ1) is 12.6. The van der Waals surface area contributed by atoms with Crippen LogP contribution in [0.25, 0.3) is 0 Å². The fraction of sp³-hybridized carbons (Fsp3) is 0.538. The van der Waals surface area contributed by atoms with E-state index < -0.39 is 9.84 Å². The number of rotatable bonds is 2. The van der Waals surface area contributed by atoms with Gasteiger partial charge in [0.2, 0.25) is 0 Å². The summed E-state index contributed by atoms with van der Waals surface area (Å²) in [5.74, 6) is 0.258. The van der Waals surface area contributed by atoms with Gasteiger partial charge in [0, 0.05) is 12.6 Å². The van der Waals surface area contributed by atoms with E-state index in [2.05, 4.69) is 11.4 Å². The van der Waals surface area contributed by atoms with Crippen molar-refractivity contribution >= 4 is 9.84 Å². The molecule has 94 valence electrons. The lowest BCUT2D eigenvalue weighted by atomic mass is 10.0. The Bertz CT molecular complexity index is 496. The maximum absolute atomic E-state index is 12.0. The molecule has 4 heteroatoms. The van der Waals surface area contributed by atoms with E-state index in [0.29, 0.717) is 13.0 Å². The van der Waals surface area contributed by atoms with Crippen LogP contribution in [-0.4, -0.2) is 32.0 Å². The van der Waals surface area contributed by atoms with E-state index in [9.17, 15) is 8.42 Å². The van der Waals surface area contributed by atoms with Crippen LogP contribution in [0.3, 0.4) is 0 Å². The molecule has 2 rings (SSSR count). The first-order valence-corrected chi connectivity index (χ1v) is 7.71. The third kappa shape index (κ3) is 2.87. The van der Waals surface area contributed by atoms with Crippen LogP contribution in [0.2, 0.25) is 0 Å². The van der Waals surface area contributed by atoms with Gasteiger partial charge in [0.25, 0.3) is 0 Å². The Morgan fingerprint density at radius 3 is 2.82 bits per heavy atom. The lowest BCUT2D eigenvalue weighted by molar-refractivity contribution is 0.477. The van der Waals surface area contributed by atoms with E-state index in [4.69, 9.17) is 0 Å². The summed E-state index contributed by atoms with van der Waals surface area (Å²) in [6.07, 6.45) is 0.609. The average Bonchev–Trinajstić information content (AvgIpc) is 2.23. The van der Waals surface area contributed by atoms with E-state index in [1.54, 1.807) is 0 Å². The van der Waals surface area contributed by atoms with Crippen molar-refractivity contribution in [2.45, 2.75) is 31.6 Å². The molecule has 0 spiro atoms. The molecular formula is C13H19NO2S. The van der Waals surface area contributed by atoms with Gasteiger partial charge in [-0.3, -0.25) is 0 Å². The van der Waals surface area contributed by atoms with Crippen molar-refractivity contribution in [3.63, 3.8) is 0 Å². The van der Waals surface area contributed by atoms with Gasteiger partial charge in [-0.05, 0) is 25.8 Å². The largest absolute Gasteiger partial charge is 0.312 e. The SMILES string of the molecule is Cc1cccc(CC2C(C)NCCS2(=O)=O)c1. The van der Waals surface area contributed by atoms with Crippen molar-refractivity contribution in [2.75, 3.05) is 12.3 Å². The fourth-order valence-corrected chi connectivity index (χ4v) is 4.27. The first-order valence-electron chi connectivity index (χ1n) is 5.99. The van der Waals surface area contributed by atoms with Gasteiger partial charge in [0.05, 0.1) is 11.0 Å². The normalized spacial score (nSPS) is 27.9. The van der Waals surface area contributed by atoms with Gasteiger partial charge >= 0.3 is 0 Å². The van der Waals surface area contributed by atoms with E-state index in [1.807, 2.05) is 32.0 Å². The molecule has 0 aromatic heterocycles. The van der Waals surface area contributed by atoms with Crippen LogP contribution in [0.1, 0.15) is 18.1 Å². The van der Waals surface area contributed by atoms with Gasteiger partial charge in [0.1, 0.15) is 0 Å². The average molecular weight is 253 g/mol. The zero-order valence-corrected chi connectivity index (χ0v) is 11.1. The van der Waals surface area contributed by atoms with Crippen LogP contribution in [0.5, 0.6) is 0 Å². The quantitative estimate of drug-likeness (QED) is 0.864. The Kier molecular flexibility index (Phi) is 3.54. The van der Waals surface area contributed by atoms with Crippen LogP contribution in [0.4, 0.5) is 0 Å². The van der Waals surface area contributed by atoms with Gasteiger partial charge < -0.3 is 5.32 Å². The molecule has 2 unspecified atom stereocenters. The van der Waals surface area contributed by atoms with Gasteiger partial charge in [-0.25, -0.2) is 8.42 Å². The minimum atomic E-state index is -2.95. The summed E-state index contributed by atoms with van der Waals surface area (Å²) in [5, 5.41) is 2.95. The molecule has 1 N–H and O–H groups in total. The number of hydrogen-bond acceptors (Lipinski definition) is 3. The second-order valence-electron chi connectivity index (χ2n) is 4.84. The van der Waals surface area contributed by atoms with Crippen LogP contribution >= 0.6 is 0 Å². The van der Waals surface area contributed by atoms with Gasteiger partial charge in [-0.15, -0.1) is 0 Å². The first-order chi connectivity index (χ1) is 7.99. The summed E-state index contributed by atoms with van der Waals surface area (Å²) in [6, 6.07) is 8.12. The second kappa shape index (κ2) is 4.78. The predicted molar refractivity (Wildman–Crippen MR) is 69.9 cm³/mol. The highest BCUT2D eigenvalue weighted by atomic mass is 32.2. The maximum Gasteiger partial charge on any atom is 0.156 e. The number of aryl methyl sites for hydroxylation is 1. The molecule has 0 saturated carbocycles. The van der Waals surface area contributed by atoms with E-state index in [1.165, 1.54) is 5.56 Å². The van der Waals surface area contributed by atoms with Gasteiger partial charge in [-0.1, -0.05) is 29.8 Å². The number of sulfone groups is 1. The molecular weight excluding hydrogens is 234 g/mol. The third-order valence-corrected chi connectivity index (χ3v) is 5.66. The Labute approximate surface area is 103 Å². The standard InChI is InChI=1S/C13H19NO2S/c1-10-4-3-5-12(8-10)9-13-11(2)14-6-7-17(13,15)16/h3-5,8,11,13-14H,6-7,9H2,1-2H3. The van der Waals surface area contributed by atoms with Gasteiger partial charge in [-0.2, -0.15) is 0 Å². The zero-order chi connectivity index (χ0) is 12.5. The molecule has 1 aliphatic heterocycles. The lowest BCUT2D eigenvalue weighted by Gasteiger charge is -2.30. The molecule has 1 saturated heterocycles. The molecule has 0 radical (unpaired) electrons. The van der Waals surface area contributed by atoms with E-state index in [-0.39, 0.29) is 17.0 Å². The highest BCUT2D eigenvalue weighted by Gasteiger charge is 2.34. The van der Waals surface area contributed by atoms with Crippen LogP contribution in [0, 0.1) is 6.92 Å². The Hall–Kier alpha value is -0.870. The molecule has 0 bridgehead atoms. The summed E-state index contributed by atoms with van der Waals surface area (Å²) in [7, 11) is -2.95.